The van der Waals surface area contributed by atoms with Gasteiger partial charge in [-0.05, 0) is 60.4 Å². The van der Waals surface area contributed by atoms with Crippen LogP contribution in [-0.4, -0.2) is 9.13 Å². The average Bonchev–Trinajstić information content (AvgIpc) is 3.76. The molecule has 0 amide bonds. The van der Waals surface area contributed by atoms with E-state index in [0.717, 1.165) is 12.8 Å². The Bertz CT molecular complexity index is 2630. The molecular weight excluding hydrogens is 565 g/mol. The largest absolute Gasteiger partial charge is 0.311 e. The fraction of sp³-hybridized carbons (Fsp3) is 0.0476. The van der Waals surface area contributed by atoms with E-state index in [4.69, 9.17) is 0 Å². The molecule has 0 saturated carbocycles. The van der Waals surface area contributed by atoms with E-state index in [1.54, 1.807) is 0 Å². The van der Waals surface area contributed by atoms with Crippen LogP contribution in [0.2, 0.25) is 0 Å². The van der Waals surface area contributed by atoms with Gasteiger partial charge >= 0.3 is 0 Å². The molecule has 3 heteroatoms. The lowest BCUT2D eigenvalue weighted by Gasteiger charge is -2.15. The highest BCUT2D eigenvalue weighted by Gasteiger charge is 2.24. The molecule has 212 valence electrons. The first-order chi connectivity index (χ1) is 22.3. The van der Waals surface area contributed by atoms with Gasteiger partial charge in [0.1, 0.15) is 0 Å². The van der Waals surface area contributed by atoms with Gasteiger partial charge in [0.05, 0.1) is 16.6 Å². The van der Waals surface area contributed by atoms with Crippen LogP contribution < -0.4 is 0 Å². The molecule has 0 N–H and O–H groups in total. The Morgan fingerprint density at radius 2 is 1.18 bits per heavy atom. The second kappa shape index (κ2) is 9.56. The third-order valence-electron chi connectivity index (χ3n) is 9.57. The fourth-order valence-electron chi connectivity index (χ4n) is 7.59. The number of nitrogens with zero attached hydrogens (tertiary/aromatic N) is 2. The number of rotatable bonds is 3. The summed E-state index contributed by atoms with van der Waals surface area (Å²) in [6.07, 6.45) is 6.77. The molecule has 45 heavy (non-hydrogen) atoms. The molecule has 9 aromatic rings. The molecule has 6 aromatic carbocycles. The lowest BCUT2D eigenvalue weighted by Crippen LogP contribution is -2.04. The minimum atomic E-state index is 1.04. The molecule has 3 aromatic heterocycles. The zero-order valence-corrected chi connectivity index (χ0v) is 25.4. The fourth-order valence-corrected chi connectivity index (χ4v) is 8.77. The van der Waals surface area contributed by atoms with Crippen LogP contribution in [0, 0.1) is 0 Å². The molecule has 0 spiro atoms. The van der Waals surface area contributed by atoms with Gasteiger partial charge in [-0.25, -0.2) is 0 Å². The summed E-state index contributed by atoms with van der Waals surface area (Å²) < 4.78 is 7.69. The van der Waals surface area contributed by atoms with E-state index >= 15 is 0 Å². The van der Waals surface area contributed by atoms with E-state index in [1.807, 2.05) is 11.3 Å². The van der Waals surface area contributed by atoms with Crippen LogP contribution in [0.1, 0.15) is 17.7 Å². The van der Waals surface area contributed by atoms with E-state index in [9.17, 15) is 0 Å². The third-order valence-corrected chi connectivity index (χ3v) is 10.7. The van der Waals surface area contributed by atoms with Gasteiger partial charge in [-0.2, -0.15) is 0 Å². The molecule has 0 aliphatic heterocycles. The maximum Gasteiger partial charge on any atom is 0.0788 e. The number of hydrogen-bond donors (Lipinski definition) is 0. The zero-order valence-electron chi connectivity index (χ0n) is 24.6. The Labute approximate surface area is 264 Å². The highest BCUT2D eigenvalue weighted by atomic mass is 32.1. The number of thiophene rings is 1. The van der Waals surface area contributed by atoms with Gasteiger partial charge in [0.15, 0.2) is 0 Å². The number of allylic oxidation sites excluding steroid dienone is 1. The SMILES string of the molecule is C1=Cc2c(n(-c3ccccc3)c3c2ccc2c4ccccc4n(-c4ccc5c(c4)sc4cc(-c6ccccc6)ccc45)c23)CC1. The molecule has 0 saturated heterocycles. The molecule has 3 heterocycles. The molecule has 0 atom stereocenters. The predicted octanol–water partition coefficient (Wildman–Crippen LogP) is 11.7. The van der Waals surface area contributed by atoms with Crippen molar-refractivity contribution in [3.05, 3.63) is 151 Å². The molecule has 0 unspecified atom stereocenters. The van der Waals surface area contributed by atoms with Gasteiger partial charge in [-0.3, -0.25) is 0 Å². The number of benzene rings is 6. The van der Waals surface area contributed by atoms with E-state index in [1.165, 1.54) is 86.6 Å². The summed E-state index contributed by atoms with van der Waals surface area (Å²) in [7, 11) is 0. The van der Waals surface area contributed by atoms with Crippen LogP contribution in [0.25, 0.3) is 81.5 Å². The van der Waals surface area contributed by atoms with Crippen molar-refractivity contribution in [2.24, 2.45) is 0 Å². The Hall–Kier alpha value is -5.38. The van der Waals surface area contributed by atoms with Crippen molar-refractivity contribution in [2.75, 3.05) is 0 Å². The molecular formula is C42H28N2S. The number of fused-ring (bicyclic) bond motifs is 10. The van der Waals surface area contributed by atoms with Crippen LogP contribution in [0.5, 0.6) is 0 Å². The Kier molecular flexibility index (Phi) is 5.31. The van der Waals surface area contributed by atoms with E-state index in [2.05, 4.69) is 155 Å². The van der Waals surface area contributed by atoms with Crippen LogP contribution in [0.3, 0.4) is 0 Å². The molecule has 1 aliphatic rings. The van der Waals surface area contributed by atoms with Gasteiger partial charge in [0.2, 0.25) is 0 Å². The van der Waals surface area contributed by atoms with E-state index in [-0.39, 0.29) is 0 Å². The van der Waals surface area contributed by atoms with Crippen LogP contribution in [-0.2, 0) is 6.42 Å². The summed E-state index contributed by atoms with van der Waals surface area (Å²) in [6, 6.07) is 49.1. The summed E-state index contributed by atoms with van der Waals surface area (Å²) in [5.41, 5.74) is 11.5. The first-order valence-electron chi connectivity index (χ1n) is 15.7. The lowest BCUT2D eigenvalue weighted by atomic mass is 10.0. The first-order valence-corrected chi connectivity index (χ1v) is 16.5. The van der Waals surface area contributed by atoms with Crippen LogP contribution in [0.4, 0.5) is 0 Å². The molecule has 2 nitrogen and oxygen atoms in total. The van der Waals surface area contributed by atoms with E-state index in [0.29, 0.717) is 0 Å². The summed E-state index contributed by atoms with van der Waals surface area (Å²) in [5.74, 6) is 0. The second-order valence-electron chi connectivity index (χ2n) is 12.0. The highest BCUT2D eigenvalue weighted by Crippen LogP contribution is 2.43. The Morgan fingerprint density at radius 3 is 2.04 bits per heavy atom. The Balaban J connectivity index is 1.29. The quantitative estimate of drug-likeness (QED) is 0.193. The molecule has 10 rings (SSSR count). The van der Waals surface area contributed by atoms with Crippen molar-refractivity contribution >= 4 is 70.3 Å². The van der Waals surface area contributed by atoms with E-state index < -0.39 is 0 Å². The first kappa shape index (κ1) is 25.0. The zero-order chi connectivity index (χ0) is 29.5. The second-order valence-corrected chi connectivity index (χ2v) is 13.1. The normalized spacial score (nSPS) is 13.1. The summed E-state index contributed by atoms with van der Waals surface area (Å²) >= 11 is 1.89. The highest BCUT2D eigenvalue weighted by molar-refractivity contribution is 7.25. The summed E-state index contributed by atoms with van der Waals surface area (Å²) in [6.45, 7) is 0. The van der Waals surface area contributed by atoms with Crippen LogP contribution >= 0.6 is 11.3 Å². The minimum absolute atomic E-state index is 1.04. The molecule has 0 fully saturated rings. The average molecular weight is 593 g/mol. The standard InChI is InChI=1S/C42H28N2S/c1-3-11-27(12-4-1)28-19-21-33-34-22-20-30(26-40(34)45-39(33)25-28)44-38-18-10-8-16-32(38)36-24-23-35-31-15-7-9-17-37(31)43(41(35)42(36)44)29-13-5-2-6-14-29/h1-8,10-16,18-26H,9,17H2. The lowest BCUT2D eigenvalue weighted by molar-refractivity contribution is 0.889. The summed E-state index contributed by atoms with van der Waals surface area (Å²) in [5, 5.41) is 6.53. The van der Waals surface area contributed by atoms with Crippen molar-refractivity contribution in [3.63, 3.8) is 0 Å². The van der Waals surface area contributed by atoms with Gasteiger partial charge in [0, 0.05) is 59.0 Å². The number of aromatic nitrogens is 2. The topological polar surface area (TPSA) is 9.86 Å². The van der Waals surface area contributed by atoms with Gasteiger partial charge in [-0.15, -0.1) is 11.3 Å². The number of para-hydroxylation sites is 2. The minimum Gasteiger partial charge on any atom is -0.311 e. The molecule has 1 aliphatic carbocycles. The van der Waals surface area contributed by atoms with Crippen molar-refractivity contribution < 1.29 is 0 Å². The maximum absolute atomic E-state index is 2.54. The predicted molar refractivity (Wildman–Crippen MR) is 193 cm³/mol. The molecule has 0 bridgehead atoms. The smallest absolute Gasteiger partial charge is 0.0788 e. The van der Waals surface area contributed by atoms with Crippen molar-refractivity contribution in [1.29, 1.82) is 0 Å². The van der Waals surface area contributed by atoms with Crippen molar-refractivity contribution in [3.8, 4) is 22.5 Å². The monoisotopic (exact) mass is 592 g/mol. The van der Waals surface area contributed by atoms with Gasteiger partial charge in [-0.1, -0.05) is 109 Å². The molecule has 0 radical (unpaired) electrons. The van der Waals surface area contributed by atoms with Gasteiger partial charge < -0.3 is 9.13 Å². The van der Waals surface area contributed by atoms with Crippen LogP contribution in [0.15, 0.2) is 140 Å². The summed E-state index contributed by atoms with van der Waals surface area (Å²) in [4.78, 5) is 0. The van der Waals surface area contributed by atoms with Gasteiger partial charge in [0.25, 0.3) is 0 Å². The Morgan fingerprint density at radius 1 is 0.489 bits per heavy atom. The van der Waals surface area contributed by atoms with Crippen molar-refractivity contribution in [2.45, 2.75) is 12.8 Å². The third kappa shape index (κ3) is 3.62. The van der Waals surface area contributed by atoms with Crippen molar-refractivity contribution in [1.82, 2.24) is 9.13 Å². The maximum atomic E-state index is 2.54. The number of hydrogen-bond acceptors (Lipinski definition) is 1.